The van der Waals surface area contributed by atoms with Gasteiger partial charge in [0.25, 0.3) is 0 Å². The summed E-state index contributed by atoms with van der Waals surface area (Å²) < 4.78 is 0. The number of aromatic nitrogens is 1. The van der Waals surface area contributed by atoms with Gasteiger partial charge in [-0.15, -0.1) is 11.3 Å². The summed E-state index contributed by atoms with van der Waals surface area (Å²) in [7, 11) is 0. The van der Waals surface area contributed by atoms with Gasteiger partial charge in [0.05, 0.1) is 5.69 Å². The minimum Gasteiger partial charge on any atom is -0.480 e. The quantitative estimate of drug-likeness (QED) is 0.866. The van der Waals surface area contributed by atoms with Crippen LogP contribution in [0.4, 0.5) is 5.13 Å². The third-order valence-corrected chi connectivity index (χ3v) is 5.01. The molecule has 0 aromatic carbocycles. The molecule has 0 amide bonds. The number of hydrogen-bond donors (Lipinski definition) is 2. The number of nitrogens with two attached hydrogens (primary N) is 1. The van der Waals surface area contributed by atoms with E-state index in [1.165, 1.54) is 30.6 Å². The van der Waals surface area contributed by atoms with Crippen molar-refractivity contribution in [2.75, 3.05) is 18.0 Å². The molecule has 0 bridgehead atoms. The van der Waals surface area contributed by atoms with Gasteiger partial charge in [-0.3, -0.25) is 4.79 Å². The average Bonchev–Trinajstić information content (AvgIpc) is 3.01. The summed E-state index contributed by atoms with van der Waals surface area (Å²) in [5, 5.41) is 11.6. The Morgan fingerprint density at radius 3 is 2.78 bits per heavy atom. The highest BCUT2D eigenvalue weighted by molar-refractivity contribution is 7.13. The topological polar surface area (TPSA) is 79.5 Å². The third-order valence-electron chi connectivity index (χ3n) is 4.09. The minimum atomic E-state index is -1.02. The van der Waals surface area contributed by atoms with Gasteiger partial charge in [-0.25, -0.2) is 4.98 Å². The second-order valence-electron chi connectivity index (χ2n) is 5.23. The summed E-state index contributed by atoms with van der Waals surface area (Å²) in [6.45, 7) is 2.14. The van der Waals surface area contributed by atoms with Crippen LogP contribution in [0, 0.1) is 11.8 Å². The van der Waals surface area contributed by atoms with E-state index >= 15 is 0 Å². The van der Waals surface area contributed by atoms with Crippen molar-refractivity contribution < 1.29 is 9.90 Å². The van der Waals surface area contributed by atoms with E-state index < -0.39 is 12.0 Å². The molecule has 1 aromatic heterocycles. The van der Waals surface area contributed by atoms with Crippen molar-refractivity contribution >= 4 is 22.4 Å². The number of hydrogen-bond acceptors (Lipinski definition) is 5. The first-order valence-corrected chi connectivity index (χ1v) is 7.22. The van der Waals surface area contributed by atoms with Crippen LogP contribution < -0.4 is 10.6 Å². The Morgan fingerprint density at radius 1 is 1.50 bits per heavy atom. The molecule has 1 aromatic rings. The Labute approximate surface area is 110 Å². The number of anilines is 1. The van der Waals surface area contributed by atoms with E-state index in [1.807, 2.05) is 0 Å². The third kappa shape index (κ3) is 1.99. The van der Waals surface area contributed by atoms with Crippen molar-refractivity contribution in [1.82, 2.24) is 4.98 Å². The predicted molar refractivity (Wildman–Crippen MR) is 69.7 cm³/mol. The Morgan fingerprint density at radius 2 is 2.17 bits per heavy atom. The molecule has 1 saturated carbocycles. The van der Waals surface area contributed by atoms with Crippen LogP contribution in [0.2, 0.25) is 0 Å². The Hall–Kier alpha value is -1.14. The zero-order chi connectivity index (χ0) is 12.7. The summed E-state index contributed by atoms with van der Waals surface area (Å²) in [6.07, 6.45) is 4.01. The standard InChI is InChI=1S/C12H17N3O2S/c13-10(11(16)17)9-6-18-12(14-9)15-4-7-2-1-3-8(7)5-15/h6-8,10H,1-5,13H2,(H,16,17). The van der Waals surface area contributed by atoms with Crippen LogP contribution in [0.1, 0.15) is 31.0 Å². The van der Waals surface area contributed by atoms with E-state index in [2.05, 4.69) is 9.88 Å². The van der Waals surface area contributed by atoms with Crippen molar-refractivity contribution in [1.29, 1.82) is 0 Å². The SMILES string of the molecule is NC(C(=O)O)c1csc(N2CC3CCCC3C2)n1. The van der Waals surface area contributed by atoms with Crippen molar-refractivity contribution in [2.24, 2.45) is 17.6 Å². The van der Waals surface area contributed by atoms with Crippen LogP contribution in [-0.4, -0.2) is 29.1 Å². The van der Waals surface area contributed by atoms with E-state index in [4.69, 9.17) is 10.8 Å². The number of aliphatic carboxylic acids is 1. The molecular weight excluding hydrogens is 250 g/mol. The summed E-state index contributed by atoms with van der Waals surface area (Å²) in [5.41, 5.74) is 6.04. The fourth-order valence-corrected chi connectivity index (χ4v) is 3.96. The molecule has 1 saturated heterocycles. The highest BCUT2D eigenvalue weighted by atomic mass is 32.1. The first-order valence-electron chi connectivity index (χ1n) is 6.34. The summed E-state index contributed by atoms with van der Waals surface area (Å²) in [4.78, 5) is 17.5. The molecular formula is C12H17N3O2S. The zero-order valence-electron chi connectivity index (χ0n) is 10.1. The Bertz CT molecular complexity index is 450. The first kappa shape index (κ1) is 11.9. The molecule has 2 fully saturated rings. The normalized spacial score (nSPS) is 28.4. The maximum Gasteiger partial charge on any atom is 0.326 e. The summed E-state index contributed by atoms with van der Waals surface area (Å²) >= 11 is 1.50. The molecule has 2 heterocycles. The van der Waals surface area contributed by atoms with Gasteiger partial charge in [0.2, 0.25) is 0 Å². The highest BCUT2D eigenvalue weighted by Crippen LogP contribution is 2.40. The first-order chi connectivity index (χ1) is 8.65. The van der Waals surface area contributed by atoms with Gasteiger partial charge >= 0.3 is 5.97 Å². The van der Waals surface area contributed by atoms with Gasteiger partial charge in [0.1, 0.15) is 6.04 Å². The molecule has 3 N–H and O–H groups in total. The van der Waals surface area contributed by atoms with E-state index in [-0.39, 0.29) is 0 Å². The van der Waals surface area contributed by atoms with E-state index in [9.17, 15) is 4.79 Å². The average molecular weight is 267 g/mol. The van der Waals surface area contributed by atoms with Gasteiger partial charge in [-0.05, 0) is 24.7 Å². The molecule has 1 aliphatic carbocycles. The molecule has 5 nitrogen and oxygen atoms in total. The van der Waals surface area contributed by atoms with Gasteiger partial charge in [-0.2, -0.15) is 0 Å². The lowest BCUT2D eigenvalue weighted by molar-refractivity contribution is -0.138. The van der Waals surface area contributed by atoms with Gasteiger partial charge in [0.15, 0.2) is 5.13 Å². The molecule has 18 heavy (non-hydrogen) atoms. The smallest absolute Gasteiger partial charge is 0.326 e. The molecule has 3 atom stereocenters. The highest BCUT2D eigenvalue weighted by Gasteiger charge is 2.37. The minimum absolute atomic E-state index is 0.472. The number of thiazole rings is 1. The van der Waals surface area contributed by atoms with Crippen molar-refractivity contribution in [3.63, 3.8) is 0 Å². The number of fused-ring (bicyclic) bond motifs is 1. The van der Waals surface area contributed by atoms with Crippen molar-refractivity contribution in [3.05, 3.63) is 11.1 Å². The zero-order valence-corrected chi connectivity index (χ0v) is 10.9. The maximum absolute atomic E-state index is 10.8. The Kier molecular flexibility index (Phi) is 2.99. The van der Waals surface area contributed by atoms with Crippen LogP contribution in [0.25, 0.3) is 0 Å². The Balaban J connectivity index is 1.72. The number of nitrogens with zero attached hydrogens (tertiary/aromatic N) is 2. The summed E-state index contributed by atoms with van der Waals surface area (Å²) in [5.74, 6) is 0.598. The second-order valence-corrected chi connectivity index (χ2v) is 6.06. The van der Waals surface area contributed by atoms with Crippen LogP contribution >= 0.6 is 11.3 Å². The van der Waals surface area contributed by atoms with E-state index in [0.29, 0.717) is 5.69 Å². The summed E-state index contributed by atoms with van der Waals surface area (Å²) in [6, 6.07) is -1.00. The van der Waals surface area contributed by atoms with Crippen LogP contribution in [0.5, 0.6) is 0 Å². The van der Waals surface area contributed by atoms with Gasteiger partial charge < -0.3 is 15.7 Å². The van der Waals surface area contributed by atoms with E-state index in [0.717, 1.165) is 30.1 Å². The fourth-order valence-electron chi connectivity index (χ4n) is 3.08. The molecule has 6 heteroatoms. The number of rotatable bonds is 3. The van der Waals surface area contributed by atoms with Crippen molar-refractivity contribution in [2.45, 2.75) is 25.3 Å². The van der Waals surface area contributed by atoms with Gasteiger partial charge in [0, 0.05) is 18.5 Å². The molecule has 3 rings (SSSR count). The molecule has 2 aliphatic rings. The maximum atomic E-state index is 10.8. The largest absolute Gasteiger partial charge is 0.480 e. The molecule has 1 aliphatic heterocycles. The molecule has 0 radical (unpaired) electrons. The van der Waals surface area contributed by atoms with Crippen LogP contribution in [-0.2, 0) is 4.79 Å². The molecule has 3 unspecified atom stereocenters. The van der Waals surface area contributed by atoms with Gasteiger partial charge in [-0.1, -0.05) is 6.42 Å². The lowest BCUT2D eigenvalue weighted by Gasteiger charge is -2.15. The fraction of sp³-hybridized carbons (Fsp3) is 0.667. The molecule has 0 spiro atoms. The number of carbonyl (C=O) groups is 1. The lowest BCUT2D eigenvalue weighted by Crippen LogP contribution is -2.23. The number of carboxylic acids is 1. The van der Waals surface area contributed by atoms with Crippen molar-refractivity contribution in [3.8, 4) is 0 Å². The monoisotopic (exact) mass is 267 g/mol. The van der Waals surface area contributed by atoms with Crippen LogP contribution in [0.15, 0.2) is 5.38 Å². The number of carboxylic acid groups (broad SMARTS) is 1. The lowest BCUT2D eigenvalue weighted by atomic mass is 10.0. The second kappa shape index (κ2) is 4.51. The van der Waals surface area contributed by atoms with E-state index in [1.54, 1.807) is 5.38 Å². The molecule has 98 valence electrons. The predicted octanol–water partition coefficient (Wildman–Crippen LogP) is 1.46. The van der Waals surface area contributed by atoms with Crippen LogP contribution in [0.3, 0.4) is 0 Å².